The highest BCUT2D eigenvalue weighted by molar-refractivity contribution is 14.1. The normalized spacial score (nSPS) is 25.3. The molecule has 1 aliphatic rings. The first-order valence-electron chi connectivity index (χ1n) is 3.92. The molecule has 0 bridgehead atoms. The van der Waals surface area contributed by atoms with E-state index in [2.05, 4.69) is 17.3 Å². The molecule has 1 rings (SSSR count). The van der Waals surface area contributed by atoms with Gasteiger partial charge in [-0.2, -0.15) is 0 Å². The lowest BCUT2D eigenvalue weighted by atomic mass is 10.3. The van der Waals surface area contributed by atoms with Crippen molar-refractivity contribution in [3.63, 3.8) is 0 Å². The zero-order valence-corrected chi connectivity index (χ0v) is 9.20. The van der Waals surface area contributed by atoms with Crippen molar-refractivity contribution in [1.82, 2.24) is 10.2 Å². The van der Waals surface area contributed by atoms with Gasteiger partial charge in [-0.3, -0.25) is 4.79 Å². The van der Waals surface area contributed by atoms with Crippen LogP contribution >= 0.6 is 22.6 Å². The Labute approximate surface area is 85.8 Å². The minimum Gasteiger partial charge on any atom is -0.374 e. The SMILES string of the molecule is CN1CCOC(CNC(=O)I)C1. The summed E-state index contributed by atoms with van der Waals surface area (Å²) < 4.78 is 5.42. The van der Waals surface area contributed by atoms with E-state index in [9.17, 15) is 4.79 Å². The average Bonchev–Trinajstić information content (AvgIpc) is 2.01. The number of carbonyl (C=O) groups excluding carboxylic acids is 1. The van der Waals surface area contributed by atoms with Crippen molar-refractivity contribution in [3.05, 3.63) is 0 Å². The second-order valence-corrected chi connectivity index (χ2v) is 3.89. The molecule has 5 heteroatoms. The number of morpholine rings is 1. The third-order valence-corrected chi connectivity index (χ3v) is 2.19. The summed E-state index contributed by atoms with van der Waals surface area (Å²) in [4.78, 5) is 12.8. The van der Waals surface area contributed by atoms with Crippen molar-refractivity contribution < 1.29 is 9.53 Å². The summed E-state index contributed by atoms with van der Waals surface area (Å²) in [6, 6.07) is 0. The third kappa shape index (κ3) is 3.68. The molecular weight excluding hydrogens is 271 g/mol. The lowest BCUT2D eigenvalue weighted by Crippen LogP contribution is -2.45. The summed E-state index contributed by atoms with van der Waals surface area (Å²) in [6.07, 6.45) is 0.155. The zero-order valence-electron chi connectivity index (χ0n) is 7.05. The molecule has 1 atom stereocenters. The van der Waals surface area contributed by atoms with Crippen molar-refractivity contribution in [2.24, 2.45) is 0 Å². The van der Waals surface area contributed by atoms with Crippen molar-refractivity contribution in [2.75, 3.05) is 33.3 Å². The summed E-state index contributed by atoms with van der Waals surface area (Å²) in [5.41, 5.74) is 0. The van der Waals surface area contributed by atoms with Crippen LogP contribution in [0.15, 0.2) is 0 Å². The Morgan fingerprint density at radius 1 is 1.83 bits per heavy atom. The zero-order chi connectivity index (χ0) is 8.97. The molecule has 12 heavy (non-hydrogen) atoms. The molecule has 0 saturated carbocycles. The van der Waals surface area contributed by atoms with Crippen LogP contribution in [-0.4, -0.2) is 48.2 Å². The average molecular weight is 284 g/mol. The molecule has 0 aliphatic carbocycles. The Kier molecular flexibility index (Phi) is 4.24. The van der Waals surface area contributed by atoms with Gasteiger partial charge in [-0.05, 0) is 7.05 Å². The molecule has 0 radical (unpaired) electrons. The van der Waals surface area contributed by atoms with Crippen LogP contribution in [-0.2, 0) is 4.74 Å². The number of rotatable bonds is 2. The highest BCUT2D eigenvalue weighted by Crippen LogP contribution is 2.01. The lowest BCUT2D eigenvalue weighted by molar-refractivity contribution is -0.0164. The minimum atomic E-state index is -0.0237. The Morgan fingerprint density at radius 3 is 3.17 bits per heavy atom. The van der Waals surface area contributed by atoms with Gasteiger partial charge >= 0.3 is 0 Å². The summed E-state index contributed by atoms with van der Waals surface area (Å²) >= 11 is 1.72. The molecule has 1 N–H and O–H groups in total. The quantitative estimate of drug-likeness (QED) is 0.455. The van der Waals surface area contributed by atoms with Gasteiger partial charge in [0.1, 0.15) is 0 Å². The molecule has 0 spiro atoms. The molecule has 0 aromatic rings. The van der Waals surface area contributed by atoms with E-state index < -0.39 is 0 Å². The van der Waals surface area contributed by atoms with Crippen LogP contribution in [0, 0.1) is 0 Å². The first kappa shape index (κ1) is 10.2. The predicted molar refractivity (Wildman–Crippen MR) is 54.7 cm³/mol. The molecule has 1 unspecified atom stereocenters. The smallest absolute Gasteiger partial charge is 0.280 e. The van der Waals surface area contributed by atoms with Crippen molar-refractivity contribution in [3.8, 4) is 0 Å². The van der Waals surface area contributed by atoms with Gasteiger partial charge in [-0.15, -0.1) is 0 Å². The van der Waals surface area contributed by atoms with Crippen LogP contribution in [0.3, 0.4) is 0 Å². The minimum absolute atomic E-state index is 0.0237. The first-order chi connectivity index (χ1) is 5.68. The van der Waals surface area contributed by atoms with E-state index in [0.717, 1.165) is 19.7 Å². The number of amides is 1. The number of likely N-dealkylation sites (N-methyl/N-ethyl adjacent to an activating group) is 1. The van der Waals surface area contributed by atoms with Crippen LogP contribution in [0.4, 0.5) is 4.79 Å². The van der Waals surface area contributed by atoms with Gasteiger partial charge < -0.3 is 15.0 Å². The van der Waals surface area contributed by atoms with E-state index >= 15 is 0 Å². The first-order valence-corrected chi connectivity index (χ1v) is 5.00. The summed E-state index contributed by atoms with van der Waals surface area (Å²) in [5, 5.41) is 2.73. The van der Waals surface area contributed by atoms with E-state index in [4.69, 9.17) is 4.74 Å². The highest BCUT2D eigenvalue weighted by atomic mass is 127. The van der Waals surface area contributed by atoms with Gasteiger partial charge in [-0.1, -0.05) is 0 Å². The molecule has 70 valence electrons. The highest BCUT2D eigenvalue weighted by Gasteiger charge is 2.17. The van der Waals surface area contributed by atoms with E-state index in [1.807, 2.05) is 0 Å². The molecular formula is C7H13IN2O2. The number of nitrogens with one attached hydrogen (secondary N) is 1. The maximum Gasteiger partial charge on any atom is 0.280 e. The number of hydrogen-bond acceptors (Lipinski definition) is 3. The fourth-order valence-electron chi connectivity index (χ4n) is 1.18. The van der Waals surface area contributed by atoms with Crippen molar-refractivity contribution in [1.29, 1.82) is 0 Å². The molecule has 1 heterocycles. The number of nitrogens with zero attached hydrogens (tertiary/aromatic N) is 1. The molecule has 4 nitrogen and oxygen atoms in total. The molecule has 1 aliphatic heterocycles. The van der Waals surface area contributed by atoms with Crippen LogP contribution in [0.1, 0.15) is 0 Å². The maximum atomic E-state index is 10.6. The van der Waals surface area contributed by atoms with Crippen molar-refractivity contribution >= 4 is 26.5 Å². The number of halogens is 1. The maximum absolute atomic E-state index is 10.6. The summed E-state index contributed by atoms with van der Waals surface area (Å²) in [7, 11) is 2.06. The number of ether oxygens (including phenoxy) is 1. The molecule has 1 saturated heterocycles. The van der Waals surface area contributed by atoms with Gasteiger partial charge in [0.2, 0.25) is 0 Å². The van der Waals surface area contributed by atoms with E-state index in [1.54, 1.807) is 22.6 Å². The Bertz CT molecular complexity index is 165. The Hall–Kier alpha value is 0.120. The van der Waals surface area contributed by atoms with Crippen LogP contribution in [0.5, 0.6) is 0 Å². The van der Waals surface area contributed by atoms with Crippen molar-refractivity contribution in [2.45, 2.75) is 6.10 Å². The number of carbonyl (C=O) groups is 1. The van der Waals surface area contributed by atoms with Gasteiger partial charge in [0.25, 0.3) is 3.91 Å². The molecule has 0 aromatic heterocycles. The van der Waals surface area contributed by atoms with Gasteiger partial charge in [0, 0.05) is 42.2 Å². The summed E-state index contributed by atoms with van der Waals surface area (Å²) in [6.45, 7) is 3.26. The van der Waals surface area contributed by atoms with E-state index in [-0.39, 0.29) is 10.0 Å². The largest absolute Gasteiger partial charge is 0.374 e. The molecule has 1 amide bonds. The third-order valence-electron chi connectivity index (χ3n) is 1.81. The van der Waals surface area contributed by atoms with Gasteiger partial charge in [0.15, 0.2) is 0 Å². The Morgan fingerprint density at radius 2 is 2.58 bits per heavy atom. The van der Waals surface area contributed by atoms with E-state index in [0.29, 0.717) is 6.54 Å². The fraction of sp³-hybridized carbons (Fsp3) is 0.857. The lowest BCUT2D eigenvalue weighted by Gasteiger charge is -2.29. The second-order valence-electron chi connectivity index (χ2n) is 2.91. The Balaban J connectivity index is 2.18. The summed E-state index contributed by atoms with van der Waals surface area (Å²) in [5.74, 6) is 0. The number of hydrogen-bond donors (Lipinski definition) is 1. The second kappa shape index (κ2) is 4.98. The molecule has 1 fully saturated rings. The van der Waals surface area contributed by atoms with Gasteiger partial charge in [0.05, 0.1) is 12.7 Å². The standard InChI is InChI=1S/C7H13IN2O2/c1-10-2-3-12-6(5-10)4-9-7(8)11/h6H,2-5H2,1H3,(H,9,11). The fourth-order valence-corrected chi connectivity index (χ4v) is 1.40. The predicted octanol–water partition coefficient (Wildman–Crippen LogP) is 0.462. The van der Waals surface area contributed by atoms with Crippen LogP contribution < -0.4 is 5.32 Å². The van der Waals surface area contributed by atoms with E-state index in [1.165, 1.54) is 0 Å². The van der Waals surface area contributed by atoms with Gasteiger partial charge in [-0.25, -0.2) is 0 Å². The monoisotopic (exact) mass is 284 g/mol. The topological polar surface area (TPSA) is 41.6 Å². The van der Waals surface area contributed by atoms with Crippen LogP contribution in [0.2, 0.25) is 0 Å². The molecule has 0 aromatic carbocycles. The van der Waals surface area contributed by atoms with Crippen LogP contribution in [0.25, 0.3) is 0 Å².